The molecule has 3 heterocycles. The van der Waals surface area contributed by atoms with E-state index in [0.29, 0.717) is 44.9 Å². The van der Waals surface area contributed by atoms with Gasteiger partial charge in [-0.15, -0.1) is 0 Å². The summed E-state index contributed by atoms with van der Waals surface area (Å²) in [6.45, 7) is 2.06. The highest BCUT2D eigenvalue weighted by molar-refractivity contribution is 7.89. The third-order valence-electron chi connectivity index (χ3n) is 9.22. The third-order valence-corrected chi connectivity index (χ3v) is 11.5. The summed E-state index contributed by atoms with van der Waals surface area (Å²) < 4.78 is 68.5. The number of hydrogen-bond acceptors (Lipinski definition) is 11. The van der Waals surface area contributed by atoms with E-state index < -0.39 is 36.1 Å². The summed E-state index contributed by atoms with van der Waals surface area (Å²) in [5.74, 6) is 0.877. The second kappa shape index (κ2) is 17.1. The van der Waals surface area contributed by atoms with Gasteiger partial charge in [-0.25, -0.2) is 8.42 Å². The molecule has 3 aliphatic rings. The number of hydrogen-bond donors (Lipinski definition) is 4. The molecule has 0 aliphatic carbocycles. The number of rotatable bonds is 18. The van der Waals surface area contributed by atoms with Gasteiger partial charge in [0.15, 0.2) is 12.6 Å². The average Bonchev–Trinajstić information content (AvgIpc) is 3.72. The van der Waals surface area contributed by atoms with E-state index in [1.165, 1.54) is 23.5 Å². The standard InChI is InChI=1S/C32H46N3O12PS/c1-43-25-6-8-27(9-7-25)49(41,42)35(17-24-10-13-34(21-36)14-11-24)18-30(37)29(33-20-46-31-19-45-32-28(31)12-15-44-32)16-23-2-4-26(5-3-23)47-22-48(38,39)40/h2-9,21,24,28-33,37H,10-20,22H2,1H3,(H2,38,39,40)/t28-,29-,30+,31?,32+/m0/s1. The molecule has 3 fully saturated rings. The van der Waals surface area contributed by atoms with Crippen molar-refractivity contribution in [3.63, 3.8) is 0 Å². The highest BCUT2D eigenvalue weighted by Gasteiger charge is 2.42. The van der Waals surface area contributed by atoms with Crippen LogP contribution in [0.1, 0.15) is 24.8 Å². The van der Waals surface area contributed by atoms with Crippen LogP contribution in [0.4, 0.5) is 0 Å². The van der Waals surface area contributed by atoms with Crippen LogP contribution in [-0.2, 0) is 40.0 Å². The fraction of sp³-hybridized carbons (Fsp3) is 0.594. The van der Waals surface area contributed by atoms with Crippen molar-refractivity contribution in [3.8, 4) is 11.5 Å². The lowest BCUT2D eigenvalue weighted by Gasteiger charge is -2.35. The SMILES string of the molecule is COc1ccc(S(=O)(=O)N(CC2CCN(C=O)CC2)C[C@@H](O)[C@H](Cc2ccc(OCP(=O)(O)O)cc2)NCOC2CO[C@H]3OCC[C@@H]23)cc1. The number of methoxy groups -OCH3 is 1. The second-order valence-electron chi connectivity index (χ2n) is 12.6. The summed E-state index contributed by atoms with van der Waals surface area (Å²) >= 11 is 0. The van der Waals surface area contributed by atoms with Gasteiger partial charge in [0.1, 0.15) is 11.5 Å². The van der Waals surface area contributed by atoms with Gasteiger partial charge >= 0.3 is 7.60 Å². The molecule has 0 spiro atoms. The fourth-order valence-corrected chi connectivity index (χ4v) is 8.22. The average molecular weight is 728 g/mol. The number of carbonyl (C=O) groups excluding carboxylic acids is 1. The van der Waals surface area contributed by atoms with Gasteiger partial charge in [0.2, 0.25) is 16.4 Å². The lowest BCUT2D eigenvalue weighted by molar-refractivity contribution is -0.119. The molecule has 2 aromatic rings. The number of ether oxygens (including phenoxy) is 5. The first-order valence-electron chi connectivity index (χ1n) is 16.3. The van der Waals surface area contributed by atoms with Crippen LogP contribution in [0.5, 0.6) is 11.5 Å². The number of amides is 1. The van der Waals surface area contributed by atoms with Crippen molar-refractivity contribution in [2.75, 3.05) is 59.6 Å². The van der Waals surface area contributed by atoms with Gasteiger partial charge in [-0.3, -0.25) is 14.7 Å². The number of aliphatic hydroxyl groups is 1. The lowest BCUT2D eigenvalue weighted by Crippen LogP contribution is -2.51. The van der Waals surface area contributed by atoms with Crippen molar-refractivity contribution >= 4 is 24.0 Å². The van der Waals surface area contributed by atoms with Gasteiger partial charge in [-0.1, -0.05) is 12.1 Å². The molecule has 0 radical (unpaired) electrons. The van der Waals surface area contributed by atoms with Crippen molar-refractivity contribution in [3.05, 3.63) is 54.1 Å². The van der Waals surface area contributed by atoms with E-state index in [1.54, 1.807) is 41.3 Å². The van der Waals surface area contributed by atoms with Crippen LogP contribution in [0.15, 0.2) is 53.4 Å². The number of sulfonamides is 1. The topological polar surface area (TPSA) is 194 Å². The summed E-state index contributed by atoms with van der Waals surface area (Å²) in [6.07, 6.45) is 0.750. The molecule has 272 valence electrons. The summed E-state index contributed by atoms with van der Waals surface area (Å²) in [4.78, 5) is 31.3. The molecule has 0 aromatic heterocycles. The largest absolute Gasteiger partial charge is 0.497 e. The van der Waals surface area contributed by atoms with Gasteiger partial charge in [0, 0.05) is 38.1 Å². The molecule has 0 bridgehead atoms. The zero-order chi connectivity index (χ0) is 35.0. The minimum absolute atomic E-state index is 0.0178. The summed E-state index contributed by atoms with van der Waals surface area (Å²) in [6, 6.07) is 12.0. The van der Waals surface area contributed by atoms with E-state index in [0.717, 1.165) is 18.4 Å². The van der Waals surface area contributed by atoms with E-state index in [-0.39, 0.29) is 61.1 Å². The van der Waals surface area contributed by atoms with Crippen LogP contribution in [0, 0.1) is 11.8 Å². The Kier molecular flexibility index (Phi) is 13.1. The maximum atomic E-state index is 14.1. The van der Waals surface area contributed by atoms with Crippen LogP contribution < -0.4 is 14.8 Å². The van der Waals surface area contributed by atoms with Crippen LogP contribution in [0.3, 0.4) is 0 Å². The Morgan fingerprint density at radius 1 is 1.06 bits per heavy atom. The first-order valence-corrected chi connectivity index (χ1v) is 19.5. The van der Waals surface area contributed by atoms with Crippen molar-refractivity contribution in [1.82, 2.24) is 14.5 Å². The highest BCUT2D eigenvalue weighted by atomic mass is 32.2. The number of fused-ring (bicyclic) bond motifs is 1. The normalized spacial score (nSPS) is 23.0. The van der Waals surface area contributed by atoms with Gasteiger partial charge in [-0.2, -0.15) is 4.31 Å². The van der Waals surface area contributed by atoms with Gasteiger partial charge < -0.3 is 43.5 Å². The van der Waals surface area contributed by atoms with Crippen LogP contribution in [-0.4, -0.2) is 123 Å². The molecule has 5 atom stereocenters. The molecule has 2 aromatic carbocycles. The van der Waals surface area contributed by atoms with E-state index in [9.17, 15) is 22.9 Å². The molecule has 49 heavy (non-hydrogen) atoms. The molecular weight excluding hydrogens is 681 g/mol. The van der Waals surface area contributed by atoms with Gasteiger partial charge in [-0.05, 0) is 73.6 Å². The minimum atomic E-state index is -4.35. The fourth-order valence-electron chi connectivity index (χ4n) is 6.37. The van der Waals surface area contributed by atoms with Gasteiger partial charge in [0.05, 0.1) is 44.2 Å². The van der Waals surface area contributed by atoms with Crippen molar-refractivity contribution < 1.29 is 56.4 Å². The van der Waals surface area contributed by atoms with Crippen molar-refractivity contribution in [2.45, 2.75) is 55.1 Å². The molecule has 1 amide bonds. The molecule has 1 unspecified atom stereocenters. The van der Waals surface area contributed by atoms with Crippen molar-refractivity contribution in [2.24, 2.45) is 11.8 Å². The third kappa shape index (κ3) is 10.4. The lowest BCUT2D eigenvalue weighted by atomic mass is 9.96. The first-order chi connectivity index (χ1) is 23.4. The number of piperidine rings is 1. The number of nitrogens with one attached hydrogen (secondary N) is 1. The molecule has 5 rings (SSSR count). The van der Waals surface area contributed by atoms with Crippen molar-refractivity contribution in [1.29, 1.82) is 0 Å². The predicted molar refractivity (Wildman–Crippen MR) is 176 cm³/mol. The minimum Gasteiger partial charge on any atom is -0.497 e. The molecule has 3 aliphatic heterocycles. The molecule has 0 saturated carbocycles. The number of nitrogens with zero attached hydrogens (tertiary/aromatic N) is 2. The number of likely N-dealkylation sites (tertiary alicyclic amines) is 1. The molecular formula is C32H46N3O12PS. The van der Waals surface area contributed by atoms with E-state index in [4.69, 9.17) is 33.5 Å². The predicted octanol–water partition coefficient (Wildman–Crippen LogP) is 1.37. The quantitative estimate of drug-likeness (QED) is 0.0979. The Morgan fingerprint density at radius 2 is 1.76 bits per heavy atom. The Hall–Kier alpha value is -2.63. The van der Waals surface area contributed by atoms with E-state index in [1.807, 2.05) is 0 Å². The zero-order valence-corrected chi connectivity index (χ0v) is 29.1. The highest BCUT2D eigenvalue weighted by Crippen LogP contribution is 2.35. The smallest absolute Gasteiger partial charge is 0.362 e. The van der Waals surface area contributed by atoms with E-state index >= 15 is 0 Å². The van der Waals surface area contributed by atoms with Crippen LogP contribution in [0.25, 0.3) is 0 Å². The molecule has 3 saturated heterocycles. The summed E-state index contributed by atoms with van der Waals surface area (Å²) in [7, 11) is -6.91. The molecule has 17 heteroatoms. The number of aliphatic hydroxyl groups excluding tert-OH is 1. The van der Waals surface area contributed by atoms with Crippen LogP contribution in [0.2, 0.25) is 0 Å². The van der Waals surface area contributed by atoms with E-state index in [2.05, 4.69) is 5.32 Å². The Bertz CT molecular complexity index is 1500. The zero-order valence-electron chi connectivity index (χ0n) is 27.4. The summed E-state index contributed by atoms with van der Waals surface area (Å²) in [5.41, 5.74) is 0.763. The Morgan fingerprint density at radius 3 is 2.41 bits per heavy atom. The Balaban J connectivity index is 1.33. The Labute approximate surface area is 286 Å². The maximum absolute atomic E-state index is 14.1. The number of carbonyl (C=O) groups is 1. The second-order valence-corrected chi connectivity index (χ2v) is 16.1. The number of benzene rings is 2. The molecule has 15 nitrogen and oxygen atoms in total. The van der Waals surface area contributed by atoms with Gasteiger partial charge in [0.25, 0.3) is 0 Å². The first kappa shape index (κ1) is 37.6. The molecule has 4 N–H and O–H groups in total. The van der Waals surface area contributed by atoms with Crippen LogP contribution >= 0.6 is 7.60 Å². The monoisotopic (exact) mass is 727 g/mol. The summed E-state index contributed by atoms with van der Waals surface area (Å²) in [5, 5.41) is 15.0. The maximum Gasteiger partial charge on any atom is 0.362 e.